The summed E-state index contributed by atoms with van der Waals surface area (Å²) in [5, 5.41) is 8.91. The summed E-state index contributed by atoms with van der Waals surface area (Å²) in [5.74, 6) is 0.745. The molecule has 1 aliphatic rings. The number of hydrogen-bond donors (Lipinski definition) is 3. The molecule has 3 aromatic rings. The first kappa shape index (κ1) is 23.9. The van der Waals surface area contributed by atoms with E-state index < -0.39 is 12.3 Å². The average Bonchev–Trinajstić information content (AvgIpc) is 3.45. The van der Waals surface area contributed by atoms with E-state index in [4.69, 9.17) is 25.5 Å². The Hall–Kier alpha value is -3.72. The molecule has 1 atom stereocenters. The molecule has 2 amide bonds. The third-order valence-electron chi connectivity index (χ3n) is 4.24. The van der Waals surface area contributed by atoms with Crippen LogP contribution in [0.15, 0.2) is 53.3 Å². The van der Waals surface area contributed by atoms with Gasteiger partial charge in [0.05, 0.1) is 24.3 Å². The molecule has 1 unspecified atom stereocenters. The normalized spacial score (nSPS) is 13.7. The van der Waals surface area contributed by atoms with Crippen LogP contribution in [0, 0.1) is 0 Å². The first-order chi connectivity index (χ1) is 15.9. The Morgan fingerprint density at radius 2 is 1.94 bits per heavy atom. The maximum atomic E-state index is 12.2. The number of rotatable bonds is 5. The summed E-state index contributed by atoms with van der Waals surface area (Å²) in [7, 11) is 0. The number of furan rings is 1. The molecule has 0 aliphatic carbocycles. The number of ether oxygens (including phenoxy) is 2. The minimum absolute atomic E-state index is 0.194. The molecule has 33 heavy (non-hydrogen) atoms. The number of carbonyl (C=O) groups is 2. The number of benzene rings is 1. The number of carbonyl (C=O) groups excluding carboxylic acids is 2. The summed E-state index contributed by atoms with van der Waals surface area (Å²) in [5.41, 5.74) is 1.55. The Bertz CT molecular complexity index is 1120. The summed E-state index contributed by atoms with van der Waals surface area (Å²) in [6.07, 6.45) is 1.46. The summed E-state index contributed by atoms with van der Waals surface area (Å²) in [6.45, 7) is 7.51. The van der Waals surface area contributed by atoms with Crippen molar-refractivity contribution in [3.05, 3.63) is 65.2 Å². The van der Waals surface area contributed by atoms with Gasteiger partial charge in [0.1, 0.15) is 0 Å². The first-order valence-electron chi connectivity index (χ1n) is 10.4. The molecule has 0 saturated carbocycles. The standard InChI is InChI=1S/C21H19ClN4O5.C2H6/c1-11(2)30-21(28)25-13-9-17-18(23-10-13)26-20(31-17)14-8-12(5-6-15(14)22)24-19(27)16-4-3-7-29-16;1-2/h3-11,20H,1-2H3,(H,23,26)(H,24,27)(H,25,28);1-2H3. The molecule has 0 bridgehead atoms. The van der Waals surface area contributed by atoms with E-state index in [-0.39, 0.29) is 17.8 Å². The van der Waals surface area contributed by atoms with E-state index >= 15 is 0 Å². The van der Waals surface area contributed by atoms with Crippen LogP contribution in [-0.4, -0.2) is 23.1 Å². The number of fused-ring (bicyclic) bond motifs is 1. The van der Waals surface area contributed by atoms with Gasteiger partial charge in [-0.05, 0) is 44.2 Å². The van der Waals surface area contributed by atoms with Gasteiger partial charge >= 0.3 is 6.09 Å². The summed E-state index contributed by atoms with van der Waals surface area (Å²) in [4.78, 5) is 28.3. The number of hydrogen-bond acceptors (Lipinski definition) is 7. The van der Waals surface area contributed by atoms with E-state index in [1.165, 1.54) is 12.5 Å². The van der Waals surface area contributed by atoms with E-state index in [0.29, 0.717) is 33.5 Å². The van der Waals surface area contributed by atoms with Crippen molar-refractivity contribution in [2.24, 2.45) is 0 Å². The van der Waals surface area contributed by atoms with Gasteiger partial charge in [0.15, 0.2) is 23.6 Å². The van der Waals surface area contributed by atoms with E-state index in [1.807, 2.05) is 13.8 Å². The van der Waals surface area contributed by atoms with E-state index in [9.17, 15) is 9.59 Å². The zero-order chi connectivity index (χ0) is 24.0. The Morgan fingerprint density at radius 1 is 1.15 bits per heavy atom. The Kier molecular flexibility index (Phi) is 7.78. The van der Waals surface area contributed by atoms with Crippen LogP contribution in [-0.2, 0) is 4.74 Å². The second-order valence-electron chi connectivity index (χ2n) is 6.96. The number of halogens is 1. The van der Waals surface area contributed by atoms with Gasteiger partial charge in [-0.15, -0.1) is 0 Å². The van der Waals surface area contributed by atoms with Crippen molar-refractivity contribution < 1.29 is 23.5 Å². The zero-order valence-corrected chi connectivity index (χ0v) is 19.4. The predicted molar refractivity (Wildman–Crippen MR) is 126 cm³/mol. The van der Waals surface area contributed by atoms with Gasteiger partial charge in [-0.2, -0.15) is 0 Å². The van der Waals surface area contributed by atoms with Crippen LogP contribution in [0.1, 0.15) is 50.0 Å². The summed E-state index contributed by atoms with van der Waals surface area (Å²) < 4.78 is 16.1. The quantitative estimate of drug-likeness (QED) is 0.413. The number of aromatic nitrogens is 1. The first-order valence-corrected chi connectivity index (χ1v) is 10.8. The third-order valence-corrected chi connectivity index (χ3v) is 4.58. The minimum Gasteiger partial charge on any atom is -0.462 e. The van der Waals surface area contributed by atoms with Gasteiger partial charge in [-0.1, -0.05) is 25.4 Å². The monoisotopic (exact) mass is 472 g/mol. The maximum Gasteiger partial charge on any atom is 0.411 e. The molecule has 3 heterocycles. The fraction of sp³-hybridized carbons (Fsp3) is 0.261. The second kappa shape index (κ2) is 10.7. The molecule has 9 nitrogen and oxygen atoms in total. The van der Waals surface area contributed by atoms with Gasteiger partial charge in [0.25, 0.3) is 5.91 Å². The topological polar surface area (TPSA) is 115 Å². The van der Waals surface area contributed by atoms with Crippen molar-refractivity contribution in [3.63, 3.8) is 0 Å². The highest BCUT2D eigenvalue weighted by atomic mass is 35.5. The highest BCUT2D eigenvalue weighted by molar-refractivity contribution is 6.31. The van der Waals surface area contributed by atoms with Gasteiger partial charge in [0.2, 0.25) is 0 Å². The van der Waals surface area contributed by atoms with Crippen molar-refractivity contribution in [2.75, 3.05) is 16.0 Å². The van der Waals surface area contributed by atoms with Gasteiger partial charge in [-0.3, -0.25) is 10.1 Å². The molecule has 1 aliphatic heterocycles. The minimum atomic E-state index is -0.631. The number of anilines is 3. The van der Waals surface area contributed by atoms with Crippen molar-refractivity contribution in [3.8, 4) is 5.75 Å². The SMILES string of the molecule is CC.CC(C)OC(=O)Nc1cnc2c(c1)OC(c1cc(NC(=O)c3ccco3)ccc1Cl)N2. The summed E-state index contributed by atoms with van der Waals surface area (Å²) >= 11 is 6.36. The number of nitrogens with zero attached hydrogens (tertiary/aromatic N) is 1. The molecule has 10 heteroatoms. The Labute approximate surface area is 196 Å². The number of amides is 2. The number of nitrogens with one attached hydrogen (secondary N) is 3. The van der Waals surface area contributed by atoms with Gasteiger partial charge in [-0.25, -0.2) is 9.78 Å². The second-order valence-corrected chi connectivity index (χ2v) is 7.37. The van der Waals surface area contributed by atoms with Crippen LogP contribution in [0.5, 0.6) is 5.75 Å². The van der Waals surface area contributed by atoms with Crippen molar-refractivity contribution in [1.29, 1.82) is 0 Å². The Morgan fingerprint density at radius 3 is 2.64 bits per heavy atom. The molecular weight excluding hydrogens is 448 g/mol. The highest BCUT2D eigenvalue weighted by Crippen LogP contribution is 2.40. The van der Waals surface area contributed by atoms with Crippen LogP contribution in [0.25, 0.3) is 0 Å². The van der Waals surface area contributed by atoms with Crippen LogP contribution < -0.4 is 20.7 Å². The lowest BCUT2D eigenvalue weighted by molar-refractivity contribution is 0.0996. The lowest BCUT2D eigenvalue weighted by Gasteiger charge is -2.15. The molecular formula is C23H25ClN4O5. The van der Waals surface area contributed by atoms with E-state index in [2.05, 4.69) is 20.9 Å². The fourth-order valence-electron chi connectivity index (χ4n) is 2.92. The molecule has 0 radical (unpaired) electrons. The van der Waals surface area contributed by atoms with E-state index in [0.717, 1.165) is 0 Å². The lowest BCUT2D eigenvalue weighted by atomic mass is 10.1. The summed E-state index contributed by atoms with van der Waals surface area (Å²) in [6, 6.07) is 9.87. The molecule has 4 rings (SSSR count). The highest BCUT2D eigenvalue weighted by Gasteiger charge is 2.27. The molecule has 0 saturated heterocycles. The molecule has 2 aromatic heterocycles. The van der Waals surface area contributed by atoms with Gasteiger partial charge in [0, 0.05) is 22.3 Å². The van der Waals surface area contributed by atoms with Crippen LogP contribution in [0.4, 0.5) is 22.0 Å². The Balaban J connectivity index is 0.00000149. The zero-order valence-electron chi connectivity index (χ0n) is 18.6. The van der Waals surface area contributed by atoms with Gasteiger partial charge < -0.3 is 24.5 Å². The third kappa shape index (κ3) is 5.95. The van der Waals surface area contributed by atoms with Crippen molar-refractivity contribution >= 4 is 40.8 Å². The van der Waals surface area contributed by atoms with Crippen LogP contribution in [0.3, 0.4) is 0 Å². The smallest absolute Gasteiger partial charge is 0.411 e. The predicted octanol–water partition coefficient (Wildman–Crippen LogP) is 6.07. The molecule has 1 aromatic carbocycles. The van der Waals surface area contributed by atoms with Crippen molar-refractivity contribution in [2.45, 2.75) is 40.0 Å². The number of pyridine rings is 1. The molecule has 0 spiro atoms. The van der Waals surface area contributed by atoms with Crippen LogP contribution in [0.2, 0.25) is 5.02 Å². The molecule has 3 N–H and O–H groups in total. The van der Waals surface area contributed by atoms with Crippen LogP contribution >= 0.6 is 11.6 Å². The average molecular weight is 473 g/mol. The fourth-order valence-corrected chi connectivity index (χ4v) is 3.13. The molecule has 174 valence electrons. The van der Waals surface area contributed by atoms with Crippen molar-refractivity contribution in [1.82, 2.24) is 4.98 Å². The largest absolute Gasteiger partial charge is 0.462 e. The maximum absolute atomic E-state index is 12.2. The lowest BCUT2D eigenvalue weighted by Crippen LogP contribution is -2.18. The van der Waals surface area contributed by atoms with E-state index in [1.54, 1.807) is 50.2 Å². The molecule has 0 fully saturated rings.